The standard InChI is InChI=1S/C21H20N6OS/c1-21(2,3)14-4-9-24-16(10-14)17-12-29-20(25-17)26-19(28)18-11-23-13-27(18)15-5-7-22-8-6-15/h4-13H,1-3H3,(H,25,26,28). The molecule has 0 radical (unpaired) electrons. The van der Waals surface area contributed by atoms with Crippen LogP contribution in [0.15, 0.2) is 60.8 Å². The Morgan fingerprint density at radius 3 is 2.62 bits per heavy atom. The number of rotatable bonds is 4. The van der Waals surface area contributed by atoms with Gasteiger partial charge in [0.2, 0.25) is 0 Å². The first-order chi connectivity index (χ1) is 13.9. The molecule has 29 heavy (non-hydrogen) atoms. The summed E-state index contributed by atoms with van der Waals surface area (Å²) in [5.41, 5.74) is 3.96. The number of thiazole rings is 1. The number of anilines is 1. The maximum Gasteiger partial charge on any atom is 0.276 e. The molecule has 0 fully saturated rings. The van der Waals surface area contributed by atoms with Gasteiger partial charge in [0.05, 0.1) is 23.9 Å². The van der Waals surface area contributed by atoms with Gasteiger partial charge in [0.15, 0.2) is 5.13 Å². The van der Waals surface area contributed by atoms with E-state index in [0.29, 0.717) is 10.8 Å². The molecule has 0 unspecified atom stereocenters. The van der Waals surface area contributed by atoms with Gasteiger partial charge in [0, 0.05) is 24.0 Å². The van der Waals surface area contributed by atoms with E-state index in [2.05, 4.69) is 46.0 Å². The SMILES string of the molecule is CC(C)(C)c1ccnc(-c2csc(NC(=O)c3cncn3-c3ccncc3)n2)c1. The van der Waals surface area contributed by atoms with Gasteiger partial charge in [-0.15, -0.1) is 11.3 Å². The minimum absolute atomic E-state index is 0.0239. The first kappa shape index (κ1) is 18.9. The van der Waals surface area contributed by atoms with Crippen LogP contribution in [0.25, 0.3) is 17.1 Å². The molecule has 4 rings (SSSR count). The van der Waals surface area contributed by atoms with Crippen molar-refractivity contribution < 1.29 is 4.79 Å². The van der Waals surface area contributed by atoms with Gasteiger partial charge >= 0.3 is 0 Å². The first-order valence-electron chi connectivity index (χ1n) is 9.08. The zero-order valence-corrected chi connectivity index (χ0v) is 17.1. The van der Waals surface area contributed by atoms with Gasteiger partial charge in [-0.1, -0.05) is 20.8 Å². The largest absolute Gasteiger partial charge is 0.296 e. The summed E-state index contributed by atoms with van der Waals surface area (Å²) in [6.07, 6.45) is 8.25. The number of pyridine rings is 2. The van der Waals surface area contributed by atoms with Crippen LogP contribution in [0, 0.1) is 0 Å². The van der Waals surface area contributed by atoms with E-state index >= 15 is 0 Å². The summed E-state index contributed by atoms with van der Waals surface area (Å²) < 4.78 is 1.71. The van der Waals surface area contributed by atoms with Crippen LogP contribution >= 0.6 is 11.3 Å². The van der Waals surface area contributed by atoms with Crippen LogP contribution in [-0.4, -0.2) is 30.4 Å². The molecule has 0 aliphatic heterocycles. The van der Waals surface area contributed by atoms with Crippen LogP contribution in [0.5, 0.6) is 0 Å². The number of amides is 1. The molecule has 146 valence electrons. The van der Waals surface area contributed by atoms with E-state index in [1.807, 2.05) is 29.6 Å². The maximum absolute atomic E-state index is 12.8. The van der Waals surface area contributed by atoms with Gasteiger partial charge < -0.3 is 0 Å². The molecule has 0 aliphatic rings. The molecule has 0 saturated carbocycles. The fourth-order valence-corrected chi connectivity index (χ4v) is 3.52. The molecule has 8 heteroatoms. The Morgan fingerprint density at radius 1 is 1.07 bits per heavy atom. The first-order valence-corrected chi connectivity index (χ1v) is 9.96. The summed E-state index contributed by atoms with van der Waals surface area (Å²) in [4.78, 5) is 29.8. The molecular formula is C21H20N6OS. The third-order valence-electron chi connectivity index (χ3n) is 4.43. The van der Waals surface area contributed by atoms with Crippen LogP contribution in [0.1, 0.15) is 36.8 Å². The quantitative estimate of drug-likeness (QED) is 0.547. The van der Waals surface area contributed by atoms with Crippen molar-refractivity contribution in [3.8, 4) is 17.1 Å². The monoisotopic (exact) mass is 404 g/mol. The smallest absolute Gasteiger partial charge is 0.276 e. The molecule has 4 heterocycles. The Labute approximate surface area is 172 Å². The lowest BCUT2D eigenvalue weighted by Crippen LogP contribution is -2.16. The number of aromatic nitrogens is 5. The van der Waals surface area contributed by atoms with E-state index in [1.54, 1.807) is 29.5 Å². The number of imidazole rings is 1. The van der Waals surface area contributed by atoms with Crippen molar-refractivity contribution in [3.05, 3.63) is 72.0 Å². The average molecular weight is 404 g/mol. The number of hydrogen-bond acceptors (Lipinski definition) is 6. The molecule has 4 aromatic heterocycles. The highest BCUT2D eigenvalue weighted by Crippen LogP contribution is 2.28. The van der Waals surface area contributed by atoms with Crippen LogP contribution in [0.3, 0.4) is 0 Å². The second-order valence-corrected chi connectivity index (χ2v) is 8.38. The van der Waals surface area contributed by atoms with Crippen LogP contribution in [-0.2, 0) is 5.41 Å². The summed E-state index contributed by atoms with van der Waals surface area (Å²) in [6, 6.07) is 7.68. The van der Waals surface area contributed by atoms with E-state index in [9.17, 15) is 4.79 Å². The summed E-state index contributed by atoms with van der Waals surface area (Å²) in [5, 5.41) is 5.26. The molecule has 4 aromatic rings. The van der Waals surface area contributed by atoms with Crippen molar-refractivity contribution in [3.63, 3.8) is 0 Å². The van der Waals surface area contributed by atoms with Gasteiger partial charge in [0.1, 0.15) is 11.4 Å². The molecule has 1 N–H and O–H groups in total. The van der Waals surface area contributed by atoms with Gasteiger partial charge in [-0.2, -0.15) is 0 Å². The second kappa shape index (κ2) is 7.56. The molecule has 7 nitrogen and oxygen atoms in total. The number of hydrogen-bond donors (Lipinski definition) is 1. The molecule has 0 spiro atoms. The fraction of sp³-hybridized carbons (Fsp3) is 0.190. The van der Waals surface area contributed by atoms with Crippen LogP contribution in [0.4, 0.5) is 5.13 Å². The zero-order valence-electron chi connectivity index (χ0n) is 16.3. The summed E-state index contributed by atoms with van der Waals surface area (Å²) in [7, 11) is 0. The third kappa shape index (κ3) is 4.07. The van der Waals surface area contributed by atoms with Gasteiger partial charge in [0.25, 0.3) is 5.91 Å². The average Bonchev–Trinajstić information content (AvgIpc) is 3.38. The Bertz CT molecular complexity index is 1140. The van der Waals surface area contributed by atoms with Crippen molar-refractivity contribution in [1.29, 1.82) is 0 Å². The van der Waals surface area contributed by atoms with E-state index in [-0.39, 0.29) is 11.3 Å². The molecule has 0 saturated heterocycles. The Hall–Kier alpha value is -3.39. The lowest BCUT2D eigenvalue weighted by atomic mass is 9.87. The third-order valence-corrected chi connectivity index (χ3v) is 5.18. The highest BCUT2D eigenvalue weighted by molar-refractivity contribution is 7.14. The highest BCUT2D eigenvalue weighted by Gasteiger charge is 2.17. The Morgan fingerprint density at radius 2 is 1.86 bits per heavy atom. The second-order valence-electron chi connectivity index (χ2n) is 7.53. The van der Waals surface area contributed by atoms with Crippen LogP contribution in [0.2, 0.25) is 0 Å². The van der Waals surface area contributed by atoms with Gasteiger partial charge in [-0.25, -0.2) is 9.97 Å². The summed E-state index contributed by atoms with van der Waals surface area (Å²) in [6.45, 7) is 6.47. The van der Waals surface area contributed by atoms with Crippen molar-refractivity contribution >= 4 is 22.4 Å². The minimum Gasteiger partial charge on any atom is -0.296 e. The van der Waals surface area contributed by atoms with Gasteiger partial charge in [-0.05, 0) is 35.2 Å². The van der Waals surface area contributed by atoms with Crippen molar-refractivity contribution in [2.24, 2.45) is 0 Å². The molecule has 0 aromatic carbocycles. The number of carbonyl (C=O) groups excluding carboxylic acids is 1. The number of nitrogens with one attached hydrogen (secondary N) is 1. The predicted octanol–water partition coefficient (Wildman–Crippen LogP) is 4.34. The van der Waals surface area contributed by atoms with E-state index < -0.39 is 0 Å². The summed E-state index contributed by atoms with van der Waals surface area (Å²) in [5.74, 6) is -0.281. The van der Waals surface area contributed by atoms with Gasteiger partial charge in [-0.3, -0.25) is 24.6 Å². The Balaban J connectivity index is 1.55. The molecule has 0 atom stereocenters. The fourth-order valence-electron chi connectivity index (χ4n) is 2.82. The molecule has 0 aliphatic carbocycles. The summed E-state index contributed by atoms with van der Waals surface area (Å²) >= 11 is 1.36. The molecular weight excluding hydrogens is 384 g/mol. The van der Waals surface area contributed by atoms with Crippen molar-refractivity contribution in [1.82, 2.24) is 24.5 Å². The minimum atomic E-state index is -0.281. The Kier molecular flexibility index (Phi) is 4.94. The number of nitrogens with zero attached hydrogens (tertiary/aromatic N) is 5. The molecule has 1 amide bonds. The lowest BCUT2D eigenvalue weighted by molar-refractivity contribution is 0.102. The van der Waals surface area contributed by atoms with Crippen molar-refractivity contribution in [2.45, 2.75) is 26.2 Å². The predicted molar refractivity (Wildman–Crippen MR) is 113 cm³/mol. The zero-order chi connectivity index (χ0) is 20.4. The van der Waals surface area contributed by atoms with E-state index in [4.69, 9.17) is 0 Å². The maximum atomic E-state index is 12.8. The topological polar surface area (TPSA) is 85.6 Å². The normalized spacial score (nSPS) is 11.4. The molecule has 0 bridgehead atoms. The van der Waals surface area contributed by atoms with E-state index in [1.165, 1.54) is 23.1 Å². The van der Waals surface area contributed by atoms with E-state index in [0.717, 1.165) is 17.1 Å². The van der Waals surface area contributed by atoms with Crippen molar-refractivity contribution in [2.75, 3.05) is 5.32 Å². The highest BCUT2D eigenvalue weighted by atomic mass is 32.1. The lowest BCUT2D eigenvalue weighted by Gasteiger charge is -2.18. The van der Waals surface area contributed by atoms with Crippen LogP contribution < -0.4 is 5.32 Å². The number of carbonyl (C=O) groups is 1.